The summed E-state index contributed by atoms with van der Waals surface area (Å²) in [5.74, 6) is 0.697. The predicted octanol–water partition coefficient (Wildman–Crippen LogP) is 3.11. The van der Waals surface area contributed by atoms with Crippen molar-refractivity contribution in [3.63, 3.8) is 0 Å². The maximum absolute atomic E-state index is 6.01. The summed E-state index contributed by atoms with van der Waals surface area (Å²) in [5.41, 5.74) is 6.01. The van der Waals surface area contributed by atoms with Crippen molar-refractivity contribution in [1.29, 1.82) is 0 Å². The van der Waals surface area contributed by atoms with Crippen LogP contribution in [-0.2, 0) is 0 Å². The first-order valence-corrected chi connectivity index (χ1v) is 5.12. The summed E-state index contributed by atoms with van der Waals surface area (Å²) in [4.78, 5) is 0. The molecule has 1 heteroatoms. The van der Waals surface area contributed by atoms with Crippen LogP contribution in [0.3, 0.4) is 0 Å². The van der Waals surface area contributed by atoms with E-state index < -0.39 is 0 Å². The zero-order valence-electron chi connectivity index (χ0n) is 8.55. The molecule has 0 amide bonds. The summed E-state index contributed by atoms with van der Waals surface area (Å²) in [5, 5.41) is 0. The second-order valence-electron chi connectivity index (χ2n) is 3.50. The van der Waals surface area contributed by atoms with E-state index in [2.05, 4.69) is 20.4 Å². The maximum atomic E-state index is 6.01. The van der Waals surface area contributed by atoms with Crippen LogP contribution in [0.15, 0.2) is 12.7 Å². The molecule has 2 atom stereocenters. The number of nitrogens with two attached hydrogens (primary N) is 1. The van der Waals surface area contributed by atoms with Crippen molar-refractivity contribution in [2.24, 2.45) is 11.7 Å². The Labute approximate surface area is 77.0 Å². The SMILES string of the molecule is C=CCC(N)C(CC)CCCC. The molecule has 0 aromatic carbocycles. The fourth-order valence-electron chi connectivity index (χ4n) is 1.57. The zero-order valence-corrected chi connectivity index (χ0v) is 8.55. The lowest BCUT2D eigenvalue weighted by Crippen LogP contribution is -2.29. The van der Waals surface area contributed by atoms with Crippen molar-refractivity contribution < 1.29 is 0 Å². The van der Waals surface area contributed by atoms with Crippen molar-refractivity contribution in [1.82, 2.24) is 0 Å². The number of hydrogen-bond acceptors (Lipinski definition) is 1. The third kappa shape index (κ3) is 4.55. The third-order valence-corrected chi connectivity index (χ3v) is 2.50. The third-order valence-electron chi connectivity index (χ3n) is 2.50. The number of unbranched alkanes of at least 4 members (excludes halogenated alkanes) is 1. The Bertz CT molecular complexity index is 110. The first kappa shape index (κ1) is 11.7. The Balaban J connectivity index is 3.69. The molecule has 0 saturated carbocycles. The first-order valence-electron chi connectivity index (χ1n) is 5.12. The van der Waals surface area contributed by atoms with Crippen molar-refractivity contribution in [3.05, 3.63) is 12.7 Å². The summed E-state index contributed by atoms with van der Waals surface area (Å²) in [7, 11) is 0. The fraction of sp³-hybridized carbons (Fsp3) is 0.818. The largest absolute Gasteiger partial charge is 0.327 e. The van der Waals surface area contributed by atoms with Crippen LogP contribution in [0, 0.1) is 5.92 Å². The molecule has 0 spiro atoms. The second kappa shape index (κ2) is 7.35. The minimum atomic E-state index is 0.332. The monoisotopic (exact) mass is 169 g/mol. The molecule has 0 rings (SSSR count). The molecule has 2 unspecified atom stereocenters. The van der Waals surface area contributed by atoms with Crippen LogP contribution in [0.5, 0.6) is 0 Å². The van der Waals surface area contributed by atoms with Crippen molar-refractivity contribution in [2.45, 2.75) is 52.0 Å². The topological polar surface area (TPSA) is 26.0 Å². The summed E-state index contributed by atoms with van der Waals surface area (Å²) in [6.07, 6.45) is 7.96. The van der Waals surface area contributed by atoms with Gasteiger partial charge in [-0.25, -0.2) is 0 Å². The molecule has 0 aromatic heterocycles. The van der Waals surface area contributed by atoms with Crippen LogP contribution in [0.4, 0.5) is 0 Å². The molecule has 0 fully saturated rings. The summed E-state index contributed by atoms with van der Waals surface area (Å²) in [6, 6.07) is 0.332. The maximum Gasteiger partial charge on any atom is 0.0102 e. The van der Waals surface area contributed by atoms with E-state index in [-0.39, 0.29) is 0 Å². The minimum Gasteiger partial charge on any atom is -0.327 e. The normalized spacial score (nSPS) is 15.6. The highest BCUT2D eigenvalue weighted by Gasteiger charge is 2.13. The van der Waals surface area contributed by atoms with Crippen LogP contribution < -0.4 is 5.73 Å². The molecule has 0 aliphatic rings. The Hall–Kier alpha value is -0.300. The van der Waals surface area contributed by atoms with Gasteiger partial charge in [-0.2, -0.15) is 0 Å². The van der Waals surface area contributed by atoms with Crippen LogP contribution >= 0.6 is 0 Å². The van der Waals surface area contributed by atoms with Crippen molar-refractivity contribution in [2.75, 3.05) is 0 Å². The minimum absolute atomic E-state index is 0.332. The van der Waals surface area contributed by atoms with Gasteiger partial charge in [-0.15, -0.1) is 6.58 Å². The average molecular weight is 169 g/mol. The fourth-order valence-corrected chi connectivity index (χ4v) is 1.57. The summed E-state index contributed by atoms with van der Waals surface area (Å²) in [6.45, 7) is 8.17. The summed E-state index contributed by atoms with van der Waals surface area (Å²) >= 11 is 0. The van der Waals surface area contributed by atoms with E-state index in [0.29, 0.717) is 12.0 Å². The summed E-state index contributed by atoms with van der Waals surface area (Å²) < 4.78 is 0. The highest BCUT2D eigenvalue weighted by molar-refractivity contribution is 4.80. The van der Waals surface area contributed by atoms with Crippen LogP contribution in [0.25, 0.3) is 0 Å². The molecule has 1 nitrogen and oxygen atoms in total. The van der Waals surface area contributed by atoms with Crippen LogP contribution in [-0.4, -0.2) is 6.04 Å². The van der Waals surface area contributed by atoms with Crippen LogP contribution in [0.1, 0.15) is 46.0 Å². The Morgan fingerprint density at radius 3 is 2.50 bits per heavy atom. The van der Waals surface area contributed by atoms with Gasteiger partial charge >= 0.3 is 0 Å². The van der Waals surface area contributed by atoms with Crippen molar-refractivity contribution in [3.8, 4) is 0 Å². The van der Waals surface area contributed by atoms with E-state index in [1.807, 2.05) is 6.08 Å². The molecule has 0 aliphatic carbocycles. The Kier molecular flexibility index (Phi) is 7.17. The highest BCUT2D eigenvalue weighted by Crippen LogP contribution is 2.17. The van der Waals surface area contributed by atoms with E-state index in [9.17, 15) is 0 Å². The number of hydrogen-bond donors (Lipinski definition) is 1. The molecule has 0 radical (unpaired) electrons. The lowest BCUT2D eigenvalue weighted by Gasteiger charge is -2.20. The van der Waals surface area contributed by atoms with Gasteiger partial charge in [0.05, 0.1) is 0 Å². The number of rotatable bonds is 7. The van der Waals surface area contributed by atoms with Gasteiger partial charge in [-0.05, 0) is 18.8 Å². The van der Waals surface area contributed by atoms with E-state index in [1.54, 1.807) is 0 Å². The van der Waals surface area contributed by atoms with E-state index in [0.717, 1.165) is 6.42 Å². The average Bonchev–Trinajstić information content (AvgIpc) is 2.06. The molecular weight excluding hydrogens is 146 g/mol. The van der Waals surface area contributed by atoms with Gasteiger partial charge in [0.25, 0.3) is 0 Å². The van der Waals surface area contributed by atoms with E-state index >= 15 is 0 Å². The lowest BCUT2D eigenvalue weighted by molar-refractivity contribution is 0.372. The van der Waals surface area contributed by atoms with Gasteiger partial charge in [0.15, 0.2) is 0 Å². The van der Waals surface area contributed by atoms with Gasteiger partial charge in [0.2, 0.25) is 0 Å². The predicted molar refractivity (Wildman–Crippen MR) is 56.1 cm³/mol. The van der Waals surface area contributed by atoms with Gasteiger partial charge in [0.1, 0.15) is 0 Å². The molecule has 12 heavy (non-hydrogen) atoms. The quantitative estimate of drug-likeness (QED) is 0.582. The second-order valence-corrected chi connectivity index (χ2v) is 3.50. The lowest BCUT2D eigenvalue weighted by atomic mass is 9.90. The van der Waals surface area contributed by atoms with Crippen molar-refractivity contribution >= 4 is 0 Å². The molecule has 2 N–H and O–H groups in total. The molecule has 72 valence electrons. The van der Waals surface area contributed by atoms with Gasteiger partial charge < -0.3 is 5.73 Å². The van der Waals surface area contributed by atoms with E-state index in [1.165, 1.54) is 25.7 Å². The molecule has 0 aliphatic heterocycles. The van der Waals surface area contributed by atoms with Gasteiger partial charge in [0, 0.05) is 6.04 Å². The highest BCUT2D eigenvalue weighted by atomic mass is 14.6. The van der Waals surface area contributed by atoms with Gasteiger partial charge in [-0.3, -0.25) is 0 Å². The molecular formula is C11H23N. The molecule has 0 saturated heterocycles. The molecule has 0 aromatic rings. The Morgan fingerprint density at radius 1 is 1.42 bits per heavy atom. The van der Waals surface area contributed by atoms with E-state index in [4.69, 9.17) is 5.73 Å². The standard InChI is InChI=1S/C11H23N/c1-4-7-9-10(6-3)11(12)8-5-2/h5,10-11H,2,4,6-9,12H2,1,3H3. The zero-order chi connectivity index (χ0) is 9.40. The smallest absolute Gasteiger partial charge is 0.0102 e. The molecule has 0 heterocycles. The first-order chi connectivity index (χ1) is 5.76. The molecule has 0 bridgehead atoms. The Morgan fingerprint density at radius 2 is 2.08 bits per heavy atom. The van der Waals surface area contributed by atoms with Gasteiger partial charge in [-0.1, -0.05) is 39.2 Å². The van der Waals surface area contributed by atoms with Crippen LogP contribution in [0.2, 0.25) is 0 Å².